The van der Waals surface area contributed by atoms with Crippen molar-refractivity contribution in [2.75, 3.05) is 19.6 Å². The highest BCUT2D eigenvalue weighted by Crippen LogP contribution is 2.26. The molecule has 30 heavy (non-hydrogen) atoms. The molecule has 2 aromatic carbocycles. The zero-order valence-electron chi connectivity index (χ0n) is 17.2. The van der Waals surface area contributed by atoms with E-state index in [9.17, 15) is 9.59 Å². The second kappa shape index (κ2) is 8.95. The highest BCUT2D eigenvalue weighted by molar-refractivity contribution is 6.00. The second-order valence-electron chi connectivity index (χ2n) is 7.58. The Hall–Kier alpha value is -3.41. The molecule has 1 N–H and O–H groups in total. The lowest BCUT2D eigenvalue weighted by Gasteiger charge is -2.15. The van der Waals surface area contributed by atoms with Crippen LogP contribution < -0.4 is 5.32 Å². The molecule has 0 spiro atoms. The first-order valence-electron chi connectivity index (χ1n) is 10.4. The Morgan fingerprint density at radius 1 is 1.10 bits per heavy atom. The first kappa shape index (κ1) is 19.9. The Kier molecular flexibility index (Phi) is 5.93. The zero-order chi connectivity index (χ0) is 20.9. The number of nitrogens with one attached hydrogen (secondary N) is 1. The first-order valence-corrected chi connectivity index (χ1v) is 10.4. The number of likely N-dealkylation sites (tertiary alicyclic amines) is 1. The summed E-state index contributed by atoms with van der Waals surface area (Å²) in [6.45, 7) is 4.05. The monoisotopic (exact) mass is 402 g/mol. The first-order chi connectivity index (χ1) is 14.6. The van der Waals surface area contributed by atoms with E-state index in [0.29, 0.717) is 30.8 Å². The molecule has 1 aliphatic heterocycles. The van der Waals surface area contributed by atoms with E-state index < -0.39 is 0 Å². The van der Waals surface area contributed by atoms with E-state index in [1.807, 2.05) is 66.4 Å². The van der Waals surface area contributed by atoms with Gasteiger partial charge in [-0.2, -0.15) is 5.10 Å². The number of aromatic nitrogens is 2. The SMILES string of the molecule is Cc1ccccc1-c1nn(-c2ccccc2)cc1C(=O)NCCCN1CCCC1=O. The van der Waals surface area contributed by atoms with E-state index >= 15 is 0 Å². The summed E-state index contributed by atoms with van der Waals surface area (Å²) in [4.78, 5) is 26.6. The lowest BCUT2D eigenvalue weighted by molar-refractivity contribution is -0.127. The number of carbonyl (C=O) groups is 2. The van der Waals surface area contributed by atoms with Crippen molar-refractivity contribution in [3.05, 3.63) is 71.9 Å². The zero-order valence-corrected chi connectivity index (χ0v) is 17.2. The molecule has 0 saturated carbocycles. The van der Waals surface area contributed by atoms with Crippen LogP contribution in [0.25, 0.3) is 16.9 Å². The molecule has 1 aromatic heterocycles. The molecule has 1 aliphatic rings. The van der Waals surface area contributed by atoms with Crippen LogP contribution in [0.4, 0.5) is 0 Å². The van der Waals surface area contributed by atoms with Crippen molar-refractivity contribution in [1.29, 1.82) is 0 Å². The fraction of sp³-hybridized carbons (Fsp3) is 0.292. The number of nitrogens with zero attached hydrogens (tertiary/aromatic N) is 3. The summed E-state index contributed by atoms with van der Waals surface area (Å²) in [6.07, 6.45) is 4.11. The number of amides is 2. The van der Waals surface area contributed by atoms with Crippen LogP contribution >= 0.6 is 0 Å². The summed E-state index contributed by atoms with van der Waals surface area (Å²) in [6, 6.07) is 17.7. The van der Waals surface area contributed by atoms with Crippen molar-refractivity contribution in [1.82, 2.24) is 20.0 Å². The van der Waals surface area contributed by atoms with Crippen LogP contribution in [-0.2, 0) is 4.79 Å². The minimum Gasteiger partial charge on any atom is -0.352 e. The maximum absolute atomic E-state index is 13.0. The van der Waals surface area contributed by atoms with E-state index in [-0.39, 0.29) is 11.8 Å². The van der Waals surface area contributed by atoms with E-state index in [0.717, 1.165) is 36.2 Å². The highest BCUT2D eigenvalue weighted by Gasteiger charge is 2.21. The largest absolute Gasteiger partial charge is 0.352 e. The summed E-state index contributed by atoms with van der Waals surface area (Å²) in [5.41, 5.74) is 4.13. The van der Waals surface area contributed by atoms with Gasteiger partial charge < -0.3 is 10.2 Å². The molecule has 1 saturated heterocycles. The van der Waals surface area contributed by atoms with Gasteiger partial charge in [0.05, 0.1) is 11.3 Å². The van der Waals surface area contributed by atoms with Gasteiger partial charge >= 0.3 is 0 Å². The fourth-order valence-corrected chi connectivity index (χ4v) is 3.80. The third-order valence-corrected chi connectivity index (χ3v) is 5.44. The van der Waals surface area contributed by atoms with Crippen LogP contribution in [0.5, 0.6) is 0 Å². The number of benzene rings is 2. The Balaban J connectivity index is 1.53. The Labute approximate surface area is 176 Å². The third-order valence-electron chi connectivity index (χ3n) is 5.44. The van der Waals surface area contributed by atoms with Crippen LogP contribution in [-0.4, -0.2) is 46.1 Å². The number of para-hydroxylation sites is 1. The number of hydrogen-bond acceptors (Lipinski definition) is 3. The Bertz CT molecular complexity index is 1040. The number of hydrogen-bond donors (Lipinski definition) is 1. The maximum Gasteiger partial charge on any atom is 0.255 e. The molecule has 0 radical (unpaired) electrons. The van der Waals surface area contributed by atoms with Crippen molar-refractivity contribution in [2.24, 2.45) is 0 Å². The van der Waals surface area contributed by atoms with Gasteiger partial charge in [0.1, 0.15) is 5.69 Å². The van der Waals surface area contributed by atoms with Crippen molar-refractivity contribution in [2.45, 2.75) is 26.2 Å². The maximum atomic E-state index is 13.0. The van der Waals surface area contributed by atoms with E-state index in [1.165, 1.54) is 0 Å². The molecular formula is C24H26N4O2. The van der Waals surface area contributed by atoms with Gasteiger partial charge in [-0.15, -0.1) is 0 Å². The van der Waals surface area contributed by atoms with Crippen LogP contribution in [0.2, 0.25) is 0 Å². The summed E-state index contributed by atoms with van der Waals surface area (Å²) < 4.78 is 1.75. The van der Waals surface area contributed by atoms with Crippen molar-refractivity contribution in [3.63, 3.8) is 0 Å². The van der Waals surface area contributed by atoms with Gasteiger partial charge in [0, 0.05) is 37.8 Å². The van der Waals surface area contributed by atoms with E-state index in [2.05, 4.69) is 5.32 Å². The molecule has 1 fully saturated rings. The highest BCUT2D eigenvalue weighted by atomic mass is 16.2. The Morgan fingerprint density at radius 3 is 2.60 bits per heavy atom. The average Bonchev–Trinajstić information content (AvgIpc) is 3.39. The molecule has 2 amide bonds. The predicted molar refractivity (Wildman–Crippen MR) is 117 cm³/mol. The molecule has 154 valence electrons. The van der Waals surface area contributed by atoms with Gasteiger partial charge in [-0.05, 0) is 37.5 Å². The van der Waals surface area contributed by atoms with Gasteiger partial charge in [0.2, 0.25) is 5.91 Å². The molecule has 3 aromatic rings. The summed E-state index contributed by atoms with van der Waals surface area (Å²) in [7, 11) is 0. The minimum absolute atomic E-state index is 0.150. The minimum atomic E-state index is -0.150. The summed E-state index contributed by atoms with van der Waals surface area (Å²) in [5.74, 6) is 0.0653. The third kappa shape index (κ3) is 4.27. The summed E-state index contributed by atoms with van der Waals surface area (Å²) in [5, 5.41) is 7.74. The van der Waals surface area contributed by atoms with Crippen molar-refractivity contribution < 1.29 is 9.59 Å². The molecule has 6 nitrogen and oxygen atoms in total. The Morgan fingerprint density at radius 2 is 1.87 bits per heavy atom. The van der Waals surface area contributed by atoms with Gasteiger partial charge in [-0.25, -0.2) is 4.68 Å². The van der Waals surface area contributed by atoms with E-state index in [4.69, 9.17) is 5.10 Å². The molecule has 0 atom stereocenters. The molecule has 6 heteroatoms. The van der Waals surface area contributed by atoms with Gasteiger partial charge in [-0.1, -0.05) is 42.5 Å². The lowest BCUT2D eigenvalue weighted by Crippen LogP contribution is -2.30. The van der Waals surface area contributed by atoms with Gasteiger partial charge in [-0.3, -0.25) is 9.59 Å². The normalized spacial score (nSPS) is 13.6. The molecular weight excluding hydrogens is 376 g/mol. The van der Waals surface area contributed by atoms with Gasteiger partial charge in [0.15, 0.2) is 0 Å². The van der Waals surface area contributed by atoms with Crippen molar-refractivity contribution >= 4 is 11.8 Å². The number of rotatable bonds is 7. The predicted octanol–water partition coefficient (Wildman–Crippen LogP) is 3.59. The van der Waals surface area contributed by atoms with Crippen LogP contribution in [0.3, 0.4) is 0 Å². The number of carbonyl (C=O) groups excluding carboxylic acids is 2. The second-order valence-corrected chi connectivity index (χ2v) is 7.58. The van der Waals surface area contributed by atoms with Crippen LogP contribution in [0.1, 0.15) is 35.2 Å². The topological polar surface area (TPSA) is 67.2 Å². The quantitative estimate of drug-likeness (QED) is 0.614. The molecule has 2 heterocycles. The standard InChI is InChI=1S/C24H26N4O2/c1-18-9-5-6-12-20(18)23-21(17-28(26-23)19-10-3-2-4-11-19)24(30)25-14-8-16-27-15-7-13-22(27)29/h2-6,9-12,17H,7-8,13-16H2,1H3,(H,25,30). The summed E-state index contributed by atoms with van der Waals surface area (Å²) >= 11 is 0. The molecule has 0 unspecified atom stereocenters. The average molecular weight is 402 g/mol. The van der Waals surface area contributed by atoms with Crippen molar-refractivity contribution in [3.8, 4) is 16.9 Å². The smallest absolute Gasteiger partial charge is 0.255 e. The van der Waals surface area contributed by atoms with Crippen LogP contribution in [0, 0.1) is 6.92 Å². The molecule has 0 bridgehead atoms. The molecule has 4 rings (SSSR count). The fourth-order valence-electron chi connectivity index (χ4n) is 3.80. The van der Waals surface area contributed by atoms with Gasteiger partial charge in [0.25, 0.3) is 5.91 Å². The van der Waals surface area contributed by atoms with E-state index in [1.54, 1.807) is 10.9 Å². The number of aryl methyl sites for hydroxylation is 1. The van der Waals surface area contributed by atoms with Crippen LogP contribution in [0.15, 0.2) is 60.8 Å². The molecule has 0 aliphatic carbocycles. The lowest BCUT2D eigenvalue weighted by atomic mass is 10.0.